The summed E-state index contributed by atoms with van der Waals surface area (Å²) in [7, 11) is 0. The Hall–Kier alpha value is -3.21. The summed E-state index contributed by atoms with van der Waals surface area (Å²) >= 11 is 0. The number of nitrogens with zero attached hydrogens (tertiary/aromatic N) is 6. The average Bonchev–Trinajstić information content (AvgIpc) is 2.80. The monoisotopic (exact) mass is 419 g/mol. The Morgan fingerprint density at radius 3 is 2.61 bits per heavy atom. The fourth-order valence-electron chi connectivity index (χ4n) is 4.30. The Bertz CT molecular complexity index is 957. The predicted molar refractivity (Wildman–Crippen MR) is 119 cm³/mol. The number of piperidine rings is 2. The molecule has 162 valence electrons. The van der Waals surface area contributed by atoms with Gasteiger partial charge in [0.25, 0.3) is 0 Å². The van der Waals surface area contributed by atoms with Crippen molar-refractivity contribution < 1.29 is 4.79 Å². The first kappa shape index (κ1) is 21.0. The van der Waals surface area contributed by atoms with Crippen molar-refractivity contribution in [1.82, 2.24) is 19.9 Å². The molecule has 2 aromatic heterocycles. The molecule has 8 heteroatoms. The van der Waals surface area contributed by atoms with E-state index in [1.165, 1.54) is 6.42 Å². The van der Waals surface area contributed by atoms with Crippen LogP contribution in [0.25, 0.3) is 0 Å². The SMILES string of the molecule is Cc1ccnc(Nc2cc(C3CCN(C(=O)CC#N)CC3)nc(N3CCCCC3)n2)c1. The summed E-state index contributed by atoms with van der Waals surface area (Å²) in [6.07, 6.45) is 7.01. The maximum Gasteiger partial charge on any atom is 0.236 e. The number of nitriles is 1. The van der Waals surface area contributed by atoms with Crippen LogP contribution in [0.5, 0.6) is 0 Å². The summed E-state index contributed by atoms with van der Waals surface area (Å²) < 4.78 is 0. The van der Waals surface area contributed by atoms with Crippen molar-refractivity contribution in [3.63, 3.8) is 0 Å². The Balaban J connectivity index is 1.56. The largest absolute Gasteiger partial charge is 0.342 e. The van der Waals surface area contributed by atoms with Crippen LogP contribution in [-0.4, -0.2) is 51.9 Å². The van der Waals surface area contributed by atoms with Crippen LogP contribution in [0.4, 0.5) is 17.6 Å². The molecule has 0 unspecified atom stereocenters. The van der Waals surface area contributed by atoms with Crippen LogP contribution in [0.1, 0.15) is 55.7 Å². The number of nitrogens with one attached hydrogen (secondary N) is 1. The lowest BCUT2D eigenvalue weighted by Crippen LogP contribution is -2.38. The van der Waals surface area contributed by atoms with Gasteiger partial charge >= 0.3 is 0 Å². The van der Waals surface area contributed by atoms with E-state index < -0.39 is 0 Å². The van der Waals surface area contributed by atoms with E-state index in [1.807, 2.05) is 31.2 Å². The molecule has 0 bridgehead atoms. The second kappa shape index (κ2) is 9.73. The number of pyridine rings is 1. The summed E-state index contributed by atoms with van der Waals surface area (Å²) in [6, 6.07) is 7.95. The van der Waals surface area contributed by atoms with Gasteiger partial charge in [0.2, 0.25) is 11.9 Å². The minimum atomic E-state index is -0.0782. The highest BCUT2D eigenvalue weighted by Gasteiger charge is 2.26. The van der Waals surface area contributed by atoms with Gasteiger partial charge in [-0.05, 0) is 56.7 Å². The second-order valence-corrected chi connectivity index (χ2v) is 8.36. The van der Waals surface area contributed by atoms with Gasteiger partial charge in [-0.15, -0.1) is 0 Å². The Kier molecular flexibility index (Phi) is 6.60. The zero-order chi connectivity index (χ0) is 21.6. The number of likely N-dealkylation sites (tertiary alicyclic amines) is 1. The van der Waals surface area contributed by atoms with Crippen molar-refractivity contribution in [1.29, 1.82) is 5.26 Å². The number of amides is 1. The van der Waals surface area contributed by atoms with E-state index >= 15 is 0 Å². The number of rotatable bonds is 5. The third-order valence-electron chi connectivity index (χ3n) is 6.04. The Morgan fingerprint density at radius 2 is 1.90 bits per heavy atom. The lowest BCUT2D eigenvalue weighted by molar-refractivity contribution is -0.131. The van der Waals surface area contributed by atoms with E-state index in [0.29, 0.717) is 13.1 Å². The zero-order valence-corrected chi connectivity index (χ0v) is 18.0. The molecule has 1 N–H and O–H groups in total. The van der Waals surface area contributed by atoms with Gasteiger partial charge in [0.05, 0.1) is 11.8 Å². The average molecular weight is 420 g/mol. The van der Waals surface area contributed by atoms with E-state index in [2.05, 4.69) is 15.2 Å². The molecule has 4 heterocycles. The van der Waals surface area contributed by atoms with Crippen LogP contribution >= 0.6 is 0 Å². The molecule has 0 saturated carbocycles. The van der Waals surface area contributed by atoms with Gasteiger partial charge in [0.15, 0.2) is 0 Å². The van der Waals surface area contributed by atoms with Crippen LogP contribution in [-0.2, 0) is 4.79 Å². The molecular formula is C23H29N7O. The number of hydrogen-bond acceptors (Lipinski definition) is 7. The van der Waals surface area contributed by atoms with Gasteiger partial charge in [-0.3, -0.25) is 4.79 Å². The summed E-state index contributed by atoms with van der Waals surface area (Å²) in [5.41, 5.74) is 2.15. The second-order valence-electron chi connectivity index (χ2n) is 8.36. The molecule has 2 aliphatic heterocycles. The highest BCUT2D eigenvalue weighted by Crippen LogP contribution is 2.31. The first-order valence-electron chi connectivity index (χ1n) is 11.1. The molecule has 0 aliphatic carbocycles. The van der Waals surface area contributed by atoms with Crippen molar-refractivity contribution in [2.24, 2.45) is 0 Å². The van der Waals surface area contributed by atoms with Crippen LogP contribution in [0.3, 0.4) is 0 Å². The zero-order valence-electron chi connectivity index (χ0n) is 18.0. The standard InChI is InChI=1S/C23H29N7O/c1-17-6-10-25-20(15-17)27-21-16-19(26-23(28-21)30-11-3-2-4-12-30)18-7-13-29(14-8-18)22(31)5-9-24/h6,10,15-16,18H,2-5,7-8,11-14H2,1H3,(H,25,26,27,28). The van der Waals surface area contributed by atoms with E-state index in [0.717, 1.165) is 67.6 Å². The van der Waals surface area contributed by atoms with Gasteiger partial charge in [-0.25, -0.2) is 9.97 Å². The molecule has 1 amide bonds. The third-order valence-corrected chi connectivity index (χ3v) is 6.04. The van der Waals surface area contributed by atoms with Gasteiger partial charge in [0.1, 0.15) is 18.1 Å². The van der Waals surface area contributed by atoms with E-state index in [4.69, 9.17) is 15.2 Å². The molecule has 0 atom stereocenters. The van der Waals surface area contributed by atoms with Crippen LogP contribution < -0.4 is 10.2 Å². The highest BCUT2D eigenvalue weighted by molar-refractivity contribution is 5.78. The number of aromatic nitrogens is 3. The Morgan fingerprint density at radius 1 is 1.13 bits per heavy atom. The quantitative estimate of drug-likeness (QED) is 0.791. The van der Waals surface area contributed by atoms with Crippen molar-refractivity contribution >= 4 is 23.5 Å². The summed E-state index contributed by atoms with van der Waals surface area (Å²) in [5.74, 6) is 2.49. The fourth-order valence-corrected chi connectivity index (χ4v) is 4.30. The topological polar surface area (TPSA) is 98.0 Å². The van der Waals surface area contributed by atoms with Gasteiger partial charge in [-0.2, -0.15) is 10.2 Å². The lowest BCUT2D eigenvalue weighted by atomic mass is 9.93. The van der Waals surface area contributed by atoms with E-state index in [9.17, 15) is 4.79 Å². The normalized spacial score (nSPS) is 17.3. The van der Waals surface area contributed by atoms with Gasteiger partial charge in [0, 0.05) is 44.4 Å². The maximum absolute atomic E-state index is 12.0. The molecule has 0 spiro atoms. The lowest BCUT2D eigenvalue weighted by Gasteiger charge is -2.32. The van der Waals surface area contributed by atoms with Crippen molar-refractivity contribution in [3.8, 4) is 6.07 Å². The van der Waals surface area contributed by atoms with E-state index in [-0.39, 0.29) is 18.2 Å². The minimum absolute atomic E-state index is 0.0468. The first-order chi connectivity index (χ1) is 15.1. The smallest absolute Gasteiger partial charge is 0.236 e. The van der Waals surface area contributed by atoms with Crippen LogP contribution in [0, 0.1) is 18.3 Å². The number of anilines is 3. The summed E-state index contributed by atoms with van der Waals surface area (Å²) in [4.78, 5) is 30.3. The minimum Gasteiger partial charge on any atom is -0.342 e. The molecule has 0 radical (unpaired) electrons. The number of aryl methyl sites for hydroxylation is 1. The highest BCUT2D eigenvalue weighted by atomic mass is 16.2. The molecule has 2 aromatic rings. The number of hydrogen-bond donors (Lipinski definition) is 1. The van der Waals surface area contributed by atoms with Crippen molar-refractivity contribution in [3.05, 3.63) is 35.7 Å². The molecule has 0 aromatic carbocycles. The number of carbonyl (C=O) groups is 1. The summed E-state index contributed by atoms with van der Waals surface area (Å²) in [6.45, 7) is 5.32. The van der Waals surface area contributed by atoms with Gasteiger partial charge < -0.3 is 15.1 Å². The molecular weight excluding hydrogens is 390 g/mol. The third kappa shape index (κ3) is 5.29. The maximum atomic E-state index is 12.0. The van der Waals surface area contributed by atoms with Crippen LogP contribution in [0.15, 0.2) is 24.4 Å². The molecule has 8 nitrogen and oxygen atoms in total. The summed E-state index contributed by atoms with van der Waals surface area (Å²) in [5, 5.41) is 12.1. The molecule has 2 saturated heterocycles. The van der Waals surface area contributed by atoms with Gasteiger partial charge in [-0.1, -0.05) is 0 Å². The molecule has 2 fully saturated rings. The fraction of sp³-hybridized carbons (Fsp3) is 0.522. The molecule has 31 heavy (non-hydrogen) atoms. The predicted octanol–water partition coefficient (Wildman–Crippen LogP) is 3.53. The number of carbonyl (C=O) groups excluding carboxylic acids is 1. The van der Waals surface area contributed by atoms with Crippen LogP contribution in [0.2, 0.25) is 0 Å². The molecule has 4 rings (SSSR count). The van der Waals surface area contributed by atoms with Crippen molar-refractivity contribution in [2.75, 3.05) is 36.4 Å². The Labute approximate surface area is 183 Å². The molecule has 2 aliphatic rings. The first-order valence-corrected chi connectivity index (χ1v) is 11.1. The van der Waals surface area contributed by atoms with Crippen molar-refractivity contribution in [2.45, 2.75) is 51.4 Å². The van der Waals surface area contributed by atoms with E-state index in [1.54, 1.807) is 11.1 Å².